The van der Waals surface area contributed by atoms with E-state index in [4.69, 9.17) is 8.60 Å². The molecule has 0 aliphatic carbocycles. The van der Waals surface area contributed by atoms with Crippen LogP contribution >= 0.6 is 0 Å². The number of nitrogens with zero attached hydrogens (tertiary/aromatic N) is 1. The molecule has 1 amide bonds. The molecule has 1 atom stereocenters. The molecule has 0 fully saturated rings. The molecule has 1 unspecified atom stereocenters. The molecular formula is C23H26N2O5S. The maximum atomic E-state index is 12.6. The third kappa shape index (κ3) is 5.53. The summed E-state index contributed by atoms with van der Waals surface area (Å²) < 4.78 is 36.0. The molecule has 0 radical (unpaired) electrons. The fraction of sp³-hybridized carbons (Fsp3) is 0.261. The largest absolute Gasteiger partial charge is 0.468 e. The number of nitrogens with one attached hydrogen (secondary N) is 1. The summed E-state index contributed by atoms with van der Waals surface area (Å²) in [6.07, 6.45) is 1.60. The highest BCUT2D eigenvalue weighted by atomic mass is 32.2. The fourth-order valence-corrected chi connectivity index (χ4v) is 4.37. The van der Waals surface area contributed by atoms with Crippen LogP contribution in [0.15, 0.2) is 70.2 Å². The Morgan fingerprint density at radius 2 is 1.81 bits per heavy atom. The molecule has 1 N–H and O–H groups in total. The van der Waals surface area contributed by atoms with Crippen molar-refractivity contribution < 1.29 is 21.8 Å². The van der Waals surface area contributed by atoms with Gasteiger partial charge in [0.15, 0.2) is 0 Å². The van der Waals surface area contributed by atoms with Gasteiger partial charge in [0.05, 0.1) is 12.3 Å². The molecule has 3 aromatic rings. The first-order valence-electron chi connectivity index (χ1n) is 9.77. The quantitative estimate of drug-likeness (QED) is 0.535. The van der Waals surface area contributed by atoms with Crippen LogP contribution in [0.1, 0.15) is 33.3 Å². The van der Waals surface area contributed by atoms with Crippen molar-refractivity contribution in [2.45, 2.75) is 24.8 Å². The van der Waals surface area contributed by atoms with Crippen LogP contribution in [0.25, 0.3) is 0 Å². The Labute approximate surface area is 182 Å². The summed E-state index contributed by atoms with van der Waals surface area (Å²) in [6.45, 7) is 3.89. The van der Waals surface area contributed by atoms with E-state index in [-0.39, 0.29) is 22.6 Å². The van der Waals surface area contributed by atoms with Gasteiger partial charge in [0.2, 0.25) is 0 Å². The number of carbonyl (C=O) groups is 1. The van der Waals surface area contributed by atoms with Gasteiger partial charge in [-0.2, -0.15) is 8.42 Å². The highest BCUT2D eigenvalue weighted by Crippen LogP contribution is 2.23. The fourth-order valence-electron chi connectivity index (χ4n) is 3.12. The Morgan fingerprint density at radius 1 is 1.10 bits per heavy atom. The van der Waals surface area contributed by atoms with Crippen molar-refractivity contribution in [1.29, 1.82) is 0 Å². The number of carbonyl (C=O) groups excluding carboxylic acids is 1. The summed E-state index contributed by atoms with van der Waals surface area (Å²) >= 11 is 0. The zero-order valence-corrected chi connectivity index (χ0v) is 18.8. The Balaban J connectivity index is 1.67. The van der Waals surface area contributed by atoms with Crippen LogP contribution in [0.4, 0.5) is 0 Å². The average molecular weight is 443 g/mol. The van der Waals surface area contributed by atoms with Crippen molar-refractivity contribution in [3.05, 3.63) is 83.3 Å². The minimum atomic E-state index is -3.97. The maximum absolute atomic E-state index is 12.6. The second kappa shape index (κ2) is 9.36. The van der Waals surface area contributed by atoms with Gasteiger partial charge >= 0.3 is 10.1 Å². The number of likely N-dealkylation sites (N-methyl/N-ethyl adjacent to an activating group) is 1. The highest BCUT2D eigenvalue weighted by Gasteiger charge is 2.21. The van der Waals surface area contributed by atoms with Crippen molar-refractivity contribution in [2.24, 2.45) is 0 Å². The van der Waals surface area contributed by atoms with Gasteiger partial charge in [-0.05, 0) is 81.5 Å². The highest BCUT2D eigenvalue weighted by molar-refractivity contribution is 7.87. The molecule has 3 rings (SSSR count). The molecule has 7 nitrogen and oxygen atoms in total. The Morgan fingerprint density at radius 3 is 2.42 bits per heavy atom. The minimum absolute atomic E-state index is 0.107. The van der Waals surface area contributed by atoms with Gasteiger partial charge in [0.25, 0.3) is 5.91 Å². The summed E-state index contributed by atoms with van der Waals surface area (Å²) in [7, 11) is -0.163. The van der Waals surface area contributed by atoms with E-state index in [9.17, 15) is 13.2 Å². The lowest BCUT2D eigenvalue weighted by Gasteiger charge is -2.22. The van der Waals surface area contributed by atoms with E-state index in [1.54, 1.807) is 31.4 Å². The van der Waals surface area contributed by atoms with Crippen LogP contribution in [0.5, 0.6) is 5.75 Å². The average Bonchev–Trinajstić information content (AvgIpc) is 3.24. The van der Waals surface area contributed by atoms with Gasteiger partial charge < -0.3 is 13.9 Å². The minimum Gasteiger partial charge on any atom is -0.468 e. The summed E-state index contributed by atoms with van der Waals surface area (Å²) in [5, 5.41) is 2.88. The van der Waals surface area contributed by atoms with Crippen molar-refractivity contribution in [3.63, 3.8) is 0 Å². The van der Waals surface area contributed by atoms with Gasteiger partial charge in [0.1, 0.15) is 16.4 Å². The third-order valence-corrected chi connectivity index (χ3v) is 6.28. The van der Waals surface area contributed by atoms with E-state index in [0.29, 0.717) is 17.7 Å². The van der Waals surface area contributed by atoms with Gasteiger partial charge in [-0.25, -0.2) is 0 Å². The molecule has 0 aliphatic rings. The van der Waals surface area contributed by atoms with E-state index in [2.05, 4.69) is 5.32 Å². The van der Waals surface area contributed by atoms with Gasteiger partial charge in [-0.15, -0.1) is 0 Å². The monoisotopic (exact) mass is 442 g/mol. The first kappa shape index (κ1) is 22.6. The van der Waals surface area contributed by atoms with Crippen molar-refractivity contribution in [1.82, 2.24) is 10.2 Å². The van der Waals surface area contributed by atoms with Crippen molar-refractivity contribution >= 4 is 16.0 Å². The van der Waals surface area contributed by atoms with Gasteiger partial charge in [0, 0.05) is 12.1 Å². The van der Waals surface area contributed by atoms with Gasteiger partial charge in [-0.3, -0.25) is 9.69 Å². The lowest BCUT2D eigenvalue weighted by molar-refractivity contribution is 0.0939. The molecule has 31 heavy (non-hydrogen) atoms. The van der Waals surface area contributed by atoms with Gasteiger partial charge in [-0.1, -0.05) is 12.1 Å². The molecule has 8 heteroatoms. The smallest absolute Gasteiger partial charge is 0.339 e. The molecular weight excluding hydrogens is 416 g/mol. The molecule has 0 saturated heterocycles. The van der Waals surface area contributed by atoms with Crippen molar-refractivity contribution in [3.8, 4) is 5.75 Å². The summed E-state index contributed by atoms with van der Waals surface area (Å²) in [5.74, 6) is 0.618. The molecule has 0 aliphatic heterocycles. The topological polar surface area (TPSA) is 88.8 Å². The Kier molecular flexibility index (Phi) is 6.82. The number of amides is 1. The van der Waals surface area contributed by atoms with E-state index in [0.717, 1.165) is 11.3 Å². The third-order valence-electron chi connectivity index (χ3n) is 4.89. The number of benzene rings is 2. The molecule has 0 bridgehead atoms. The molecule has 164 valence electrons. The lowest BCUT2D eigenvalue weighted by atomic mass is 10.1. The van der Waals surface area contributed by atoms with Crippen LogP contribution in [0.2, 0.25) is 0 Å². The zero-order valence-electron chi connectivity index (χ0n) is 18.0. The number of hydrogen-bond donors (Lipinski definition) is 1. The number of furan rings is 1. The maximum Gasteiger partial charge on any atom is 0.339 e. The van der Waals surface area contributed by atoms with Crippen LogP contribution in [0.3, 0.4) is 0 Å². The van der Waals surface area contributed by atoms with Crippen LogP contribution < -0.4 is 9.50 Å². The molecule has 0 saturated carbocycles. The Bertz CT molecular complexity index is 1140. The second-order valence-electron chi connectivity index (χ2n) is 7.54. The van der Waals surface area contributed by atoms with E-state index in [1.807, 2.05) is 38.1 Å². The Hall–Kier alpha value is -3.10. The van der Waals surface area contributed by atoms with E-state index in [1.165, 1.54) is 24.3 Å². The van der Waals surface area contributed by atoms with Crippen LogP contribution in [0, 0.1) is 13.8 Å². The number of aryl methyl sites for hydroxylation is 2. The number of hydrogen-bond acceptors (Lipinski definition) is 6. The SMILES string of the molecule is Cc1ccc(C)c(S(=O)(=O)Oc2ccc(C(=O)NCC(c3ccco3)N(C)C)cc2)c1. The first-order chi connectivity index (χ1) is 14.7. The lowest BCUT2D eigenvalue weighted by Crippen LogP contribution is -2.34. The number of rotatable bonds is 8. The standard InChI is InChI=1S/C23H26N2O5S/c1-16-7-8-17(2)22(14-16)31(27,28)30-19-11-9-18(10-12-19)23(26)24-15-20(25(3)4)21-6-5-13-29-21/h5-14,20H,15H2,1-4H3,(H,24,26). The summed E-state index contributed by atoms with van der Waals surface area (Å²) in [4.78, 5) is 14.6. The molecule has 0 spiro atoms. The molecule has 1 heterocycles. The normalized spacial score (nSPS) is 12.5. The second-order valence-corrected chi connectivity index (χ2v) is 9.05. The van der Waals surface area contributed by atoms with Crippen LogP contribution in [-0.4, -0.2) is 39.9 Å². The molecule has 1 aromatic heterocycles. The van der Waals surface area contributed by atoms with Crippen molar-refractivity contribution in [2.75, 3.05) is 20.6 Å². The van der Waals surface area contributed by atoms with E-state index < -0.39 is 10.1 Å². The summed E-state index contributed by atoms with van der Waals surface area (Å²) in [5.41, 5.74) is 1.83. The predicted molar refractivity (Wildman–Crippen MR) is 118 cm³/mol. The van der Waals surface area contributed by atoms with E-state index >= 15 is 0 Å². The first-order valence-corrected chi connectivity index (χ1v) is 11.2. The van der Waals surface area contributed by atoms with Crippen LogP contribution in [-0.2, 0) is 10.1 Å². The zero-order chi connectivity index (χ0) is 22.6. The molecule has 2 aromatic carbocycles. The summed E-state index contributed by atoms with van der Waals surface area (Å²) in [6, 6.07) is 14.7. The predicted octanol–water partition coefficient (Wildman–Crippen LogP) is 3.70.